The van der Waals surface area contributed by atoms with Crippen LogP contribution in [0.1, 0.15) is 45.1 Å². The Kier molecular flexibility index (Phi) is 10.0. The summed E-state index contributed by atoms with van der Waals surface area (Å²) in [6.07, 6.45) is 5.56. The number of amides is 1. The predicted molar refractivity (Wildman–Crippen MR) is 128 cm³/mol. The molecule has 0 bridgehead atoms. The molecule has 1 aromatic carbocycles. The Balaban J connectivity index is 0.00000300. The van der Waals surface area contributed by atoms with Gasteiger partial charge >= 0.3 is 0 Å². The molecule has 1 saturated heterocycles. The Morgan fingerprint density at radius 3 is 2.48 bits per heavy atom. The largest absolute Gasteiger partial charge is 0.484 e. The van der Waals surface area contributed by atoms with E-state index in [1.54, 1.807) is 0 Å². The van der Waals surface area contributed by atoms with Crippen LogP contribution in [-0.4, -0.2) is 55.6 Å². The smallest absolute Gasteiger partial charge is 0.258 e. The summed E-state index contributed by atoms with van der Waals surface area (Å²) in [6, 6.07) is 8.35. The molecule has 1 aliphatic carbocycles. The number of aliphatic imine (C=N–C) groups is 1. The van der Waals surface area contributed by atoms with Crippen molar-refractivity contribution in [2.75, 3.05) is 32.8 Å². The summed E-state index contributed by atoms with van der Waals surface area (Å²) in [6.45, 7) is 8.37. The summed E-state index contributed by atoms with van der Waals surface area (Å²) in [5.41, 5.74) is 1.22. The Morgan fingerprint density at radius 2 is 1.86 bits per heavy atom. The molecule has 0 spiro atoms. The fourth-order valence-electron chi connectivity index (χ4n) is 3.34. The molecule has 0 radical (unpaired) electrons. The normalized spacial score (nSPS) is 17.4. The van der Waals surface area contributed by atoms with Crippen LogP contribution in [0.4, 0.5) is 0 Å². The third-order valence-electron chi connectivity index (χ3n) is 5.32. The van der Waals surface area contributed by atoms with Crippen molar-refractivity contribution in [3.05, 3.63) is 29.8 Å². The summed E-state index contributed by atoms with van der Waals surface area (Å²) >= 11 is 0. The number of piperidine rings is 1. The maximum Gasteiger partial charge on any atom is 0.258 e. The number of nitrogens with one attached hydrogen (secondary N) is 2. The van der Waals surface area contributed by atoms with Crippen molar-refractivity contribution in [2.45, 2.75) is 52.0 Å². The summed E-state index contributed by atoms with van der Waals surface area (Å²) in [7, 11) is 0. The SMILES string of the molecule is CCNC(=NCCc1ccc(OCC(=O)NC2CC2)cc1)N1CCC(C)CC1.I. The molecule has 1 saturated carbocycles. The molecule has 2 N–H and O–H groups in total. The second-order valence-corrected chi connectivity index (χ2v) is 7.93. The van der Waals surface area contributed by atoms with E-state index in [0.29, 0.717) is 6.04 Å². The molecule has 1 aliphatic heterocycles. The van der Waals surface area contributed by atoms with Gasteiger partial charge in [0.1, 0.15) is 5.75 Å². The van der Waals surface area contributed by atoms with Crippen LogP contribution >= 0.6 is 24.0 Å². The molecule has 0 unspecified atom stereocenters. The number of hydrogen-bond donors (Lipinski definition) is 2. The lowest BCUT2D eigenvalue weighted by Gasteiger charge is -2.33. The van der Waals surface area contributed by atoms with Gasteiger partial charge < -0.3 is 20.3 Å². The molecule has 6 nitrogen and oxygen atoms in total. The number of benzene rings is 1. The number of hydrogen-bond acceptors (Lipinski definition) is 3. The molecule has 29 heavy (non-hydrogen) atoms. The minimum atomic E-state index is -0.0380. The van der Waals surface area contributed by atoms with Crippen molar-refractivity contribution in [1.29, 1.82) is 0 Å². The minimum absolute atomic E-state index is 0. The minimum Gasteiger partial charge on any atom is -0.484 e. The number of halogens is 1. The zero-order chi connectivity index (χ0) is 19.8. The topological polar surface area (TPSA) is 66.0 Å². The van der Waals surface area contributed by atoms with Crippen LogP contribution in [0, 0.1) is 5.92 Å². The number of likely N-dealkylation sites (tertiary alicyclic amines) is 1. The third-order valence-corrected chi connectivity index (χ3v) is 5.32. The van der Waals surface area contributed by atoms with Gasteiger partial charge in [0.15, 0.2) is 12.6 Å². The Labute approximate surface area is 191 Å². The van der Waals surface area contributed by atoms with Gasteiger partial charge in [-0.25, -0.2) is 0 Å². The monoisotopic (exact) mass is 514 g/mol. The second kappa shape index (κ2) is 12.2. The van der Waals surface area contributed by atoms with E-state index in [9.17, 15) is 4.79 Å². The van der Waals surface area contributed by atoms with E-state index in [-0.39, 0.29) is 36.5 Å². The number of guanidine groups is 1. The molecule has 1 heterocycles. The molecule has 0 atom stereocenters. The van der Waals surface area contributed by atoms with Crippen LogP contribution in [-0.2, 0) is 11.2 Å². The van der Waals surface area contributed by atoms with Crippen LogP contribution in [0.3, 0.4) is 0 Å². The van der Waals surface area contributed by atoms with Crippen molar-refractivity contribution in [1.82, 2.24) is 15.5 Å². The number of carbonyl (C=O) groups is 1. The first kappa shape index (κ1) is 23.8. The fourth-order valence-corrected chi connectivity index (χ4v) is 3.34. The lowest BCUT2D eigenvalue weighted by atomic mass is 10.00. The van der Waals surface area contributed by atoms with E-state index < -0.39 is 0 Å². The van der Waals surface area contributed by atoms with Gasteiger partial charge in [-0.05, 0) is 62.6 Å². The zero-order valence-corrected chi connectivity index (χ0v) is 20.0. The number of ether oxygens (including phenoxy) is 1. The van der Waals surface area contributed by atoms with E-state index in [2.05, 4.69) is 41.5 Å². The van der Waals surface area contributed by atoms with Gasteiger partial charge in [-0.2, -0.15) is 0 Å². The van der Waals surface area contributed by atoms with Crippen LogP contribution in [0.2, 0.25) is 0 Å². The number of rotatable bonds is 8. The lowest BCUT2D eigenvalue weighted by Crippen LogP contribution is -2.45. The fraction of sp³-hybridized carbons (Fsp3) is 0.636. The Hall–Kier alpha value is -1.51. The molecule has 2 fully saturated rings. The highest BCUT2D eigenvalue weighted by Gasteiger charge is 2.23. The molecule has 162 valence electrons. The Bertz CT molecular complexity index is 653. The van der Waals surface area contributed by atoms with E-state index in [1.165, 1.54) is 18.4 Å². The molecular weight excluding hydrogens is 479 g/mol. The quantitative estimate of drug-likeness (QED) is 0.318. The number of nitrogens with zero attached hydrogens (tertiary/aromatic N) is 2. The van der Waals surface area contributed by atoms with E-state index >= 15 is 0 Å². The maximum absolute atomic E-state index is 11.7. The summed E-state index contributed by atoms with van der Waals surface area (Å²) in [5, 5.41) is 6.35. The van der Waals surface area contributed by atoms with Crippen molar-refractivity contribution in [3.8, 4) is 5.75 Å². The van der Waals surface area contributed by atoms with Gasteiger partial charge in [0.2, 0.25) is 0 Å². The third kappa shape index (κ3) is 8.40. The van der Waals surface area contributed by atoms with E-state index in [1.807, 2.05) is 12.1 Å². The Morgan fingerprint density at radius 1 is 1.17 bits per heavy atom. The molecule has 1 aromatic rings. The van der Waals surface area contributed by atoms with Crippen LogP contribution in [0.25, 0.3) is 0 Å². The highest BCUT2D eigenvalue weighted by Crippen LogP contribution is 2.19. The molecule has 1 amide bonds. The van der Waals surface area contributed by atoms with Gasteiger partial charge in [-0.15, -0.1) is 24.0 Å². The predicted octanol–water partition coefficient (Wildman–Crippen LogP) is 3.20. The van der Waals surface area contributed by atoms with Crippen molar-refractivity contribution in [2.24, 2.45) is 10.9 Å². The van der Waals surface area contributed by atoms with Crippen molar-refractivity contribution >= 4 is 35.8 Å². The standard InChI is InChI=1S/C22H34N4O2.HI/c1-3-23-22(26-14-11-17(2)12-15-26)24-13-10-18-4-8-20(9-5-18)28-16-21(27)25-19-6-7-19;/h4-5,8-9,17,19H,3,6-7,10-16H2,1-2H3,(H,23,24)(H,25,27);1H. The van der Waals surface area contributed by atoms with Gasteiger partial charge in [0.25, 0.3) is 5.91 Å². The highest BCUT2D eigenvalue weighted by molar-refractivity contribution is 14.0. The van der Waals surface area contributed by atoms with Crippen LogP contribution < -0.4 is 15.4 Å². The molecule has 2 aliphatic rings. The van der Waals surface area contributed by atoms with Gasteiger partial charge in [-0.3, -0.25) is 9.79 Å². The number of carbonyl (C=O) groups excluding carboxylic acids is 1. The highest BCUT2D eigenvalue weighted by atomic mass is 127. The van der Waals surface area contributed by atoms with Gasteiger partial charge in [0, 0.05) is 32.2 Å². The molecule has 3 rings (SSSR count). The first-order valence-corrected chi connectivity index (χ1v) is 10.7. The average molecular weight is 514 g/mol. The summed E-state index contributed by atoms with van der Waals surface area (Å²) in [5.74, 6) is 2.55. The first-order valence-electron chi connectivity index (χ1n) is 10.7. The average Bonchev–Trinajstić information content (AvgIpc) is 3.51. The van der Waals surface area contributed by atoms with E-state index in [0.717, 1.165) is 63.1 Å². The molecule has 0 aromatic heterocycles. The summed E-state index contributed by atoms with van der Waals surface area (Å²) in [4.78, 5) is 18.9. The molecule has 7 heteroatoms. The second-order valence-electron chi connectivity index (χ2n) is 7.93. The van der Waals surface area contributed by atoms with Crippen LogP contribution in [0.15, 0.2) is 29.3 Å². The van der Waals surface area contributed by atoms with Crippen LogP contribution in [0.5, 0.6) is 5.75 Å². The maximum atomic E-state index is 11.7. The van der Waals surface area contributed by atoms with E-state index in [4.69, 9.17) is 9.73 Å². The first-order chi connectivity index (χ1) is 13.6. The van der Waals surface area contributed by atoms with Crippen molar-refractivity contribution < 1.29 is 9.53 Å². The lowest BCUT2D eigenvalue weighted by molar-refractivity contribution is -0.123. The van der Waals surface area contributed by atoms with Crippen molar-refractivity contribution in [3.63, 3.8) is 0 Å². The molecular formula is C22H35IN4O2. The van der Waals surface area contributed by atoms with Gasteiger partial charge in [0.05, 0.1) is 0 Å². The van der Waals surface area contributed by atoms with Gasteiger partial charge in [-0.1, -0.05) is 19.1 Å². The zero-order valence-electron chi connectivity index (χ0n) is 17.7. The summed E-state index contributed by atoms with van der Waals surface area (Å²) < 4.78 is 5.56.